The number of likely N-dealkylation sites (tertiary alicyclic amines) is 1. The average Bonchev–Trinajstić information content (AvgIpc) is 3.53. The highest BCUT2D eigenvalue weighted by Gasteiger charge is 2.37. The van der Waals surface area contributed by atoms with Crippen LogP contribution >= 0.6 is 11.6 Å². The number of carbonyl (C=O) groups excluding carboxylic acids is 2. The highest BCUT2D eigenvalue weighted by atomic mass is 35.5. The molecule has 1 aliphatic heterocycles. The van der Waals surface area contributed by atoms with Crippen LogP contribution in [0.2, 0.25) is 5.02 Å². The van der Waals surface area contributed by atoms with Crippen molar-refractivity contribution in [2.24, 2.45) is 0 Å². The third kappa shape index (κ3) is 5.94. The number of benzene rings is 1. The van der Waals surface area contributed by atoms with E-state index in [1.54, 1.807) is 31.6 Å². The molecule has 0 unspecified atom stereocenters. The minimum absolute atomic E-state index is 0.0323. The third-order valence-electron chi connectivity index (χ3n) is 7.81. The largest absolute Gasteiger partial charge is 0.493 e. The van der Waals surface area contributed by atoms with Gasteiger partial charge in [-0.15, -0.1) is 0 Å². The second-order valence-corrected chi connectivity index (χ2v) is 11.6. The molecular formula is C33H36ClN5O3. The molecule has 9 heteroatoms. The van der Waals surface area contributed by atoms with Gasteiger partial charge in [-0.05, 0) is 64.9 Å². The standard InChI is InChI=1S/C33H36ClN5O3/c1-33(16-8-20-39(33)28(41)13-7-19-38(2)3)17-14-22-21-35-18-15-23(22)30-31(29-25(36-30)10-6-12-27(29)40)37-26-11-5-9-24(34)32(26)42-4/h5,7,9,11,13,15,18,21,36-37H,6,8,10,12,16,19-20H2,1-4H3/b13-7+/t33-/m1/s1. The molecule has 1 saturated heterocycles. The number of carbonyl (C=O) groups is 2. The fraction of sp³-hybridized carbons (Fsp3) is 0.364. The summed E-state index contributed by atoms with van der Waals surface area (Å²) >= 11 is 6.42. The van der Waals surface area contributed by atoms with E-state index < -0.39 is 5.54 Å². The number of para-hydroxylation sites is 1. The number of aryl methyl sites for hydroxylation is 1. The lowest BCUT2D eigenvalue weighted by Crippen LogP contribution is -2.43. The van der Waals surface area contributed by atoms with Crippen LogP contribution in [-0.4, -0.2) is 71.3 Å². The molecule has 3 heterocycles. The zero-order valence-electron chi connectivity index (χ0n) is 24.5. The van der Waals surface area contributed by atoms with Gasteiger partial charge in [-0.1, -0.05) is 35.6 Å². The lowest BCUT2D eigenvalue weighted by atomic mass is 9.94. The van der Waals surface area contributed by atoms with E-state index in [2.05, 4.69) is 27.1 Å². The summed E-state index contributed by atoms with van der Waals surface area (Å²) in [5.41, 5.74) is 4.53. The first-order valence-corrected chi connectivity index (χ1v) is 14.6. The highest BCUT2D eigenvalue weighted by molar-refractivity contribution is 6.32. The molecule has 0 spiro atoms. The molecule has 1 atom stereocenters. The van der Waals surface area contributed by atoms with Crippen LogP contribution in [-0.2, 0) is 11.2 Å². The Balaban J connectivity index is 1.55. The van der Waals surface area contributed by atoms with Crippen molar-refractivity contribution in [3.05, 3.63) is 70.7 Å². The van der Waals surface area contributed by atoms with Crippen LogP contribution in [0.3, 0.4) is 0 Å². The van der Waals surface area contributed by atoms with E-state index in [0.29, 0.717) is 52.8 Å². The predicted octanol–water partition coefficient (Wildman–Crippen LogP) is 5.85. The molecule has 1 aliphatic carbocycles. The smallest absolute Gasteiger partial charge is 0.247 e. The second kappa shape index (κ2) is 12.4. The number of aromatic nitrogens is 2. The number of hydrogen-bond donors (Lipinski definition) is 2. The molecule has 1 fully saturated rings. The Labute approximate surface area is 252 Å². The summed E-state index contributed by atoms with van der Waals surface area (Å²) in [6, 6.07) is 7.36. The summed E-state index contributed by atoms with van der Waals surface area (Å²) in [5, 5.41) is 3.93. The van der Waals surface area contributed by atoms with Gasteiger partial charge in [0, 0.05) is 49.2 Å². The molecule has 218 valence electrons. The Bertz CT molecular complexity index is 1600. The molecule has 5 rings (SSSR count). The predicted molar refractivity (Wildman–Crippen MR) is 167 cm³/mol. The van der Waals surface area contributed by atoms with Crippen molar-refractivity contribution in [1.82, 2.24) is 19.8 Å². The number of amides is 1. The van der Waals surface area contributed by atoms with Crippen LogP contribution < -0.4 is 10.1 Å². The zero-order chi connectivity index (χ0) is 29.9. The van der Waals surface area contributed by atoms with Gasteiger partial charge < -0.3 is 24.8 Å². The SMILES string of the molecule is COc1c(Cl)cccc1Nc1c(-c2ccncc2C#C[C@@]2(C)CCCN2C(=O)/C=C/CN(C)C)[nH]c2c1C(=O)CCC2. The molecule has 0 saturated carbocycles. The number of hydrogen-bond acceptors (Lipinski definition) is 6. The number of H-pyrrole nitrogens is 1. The fourth-order valence-electron chi connectivity index (χ4n) is 5.69. The van der Waals surface area contributed by atoms with Crippen LogP contribution in [0.4, 0.5) is 11.4 Å². The van der Waals surface area contributed by atoms with E-state index in [4.69, 9.17) is 16.3 Å². The Morgan fingerprint density at radius 3 is 2.90 bits per heavy atom. The summed E-state index contributed by atoms with van der Waals surface area (Å²) in [6.45, 7) is 3.38. The third-order valence-corrected chi connectivity index (χ3v) is 8.11. The molecule has 3 aromatic rings. The minimum Gasteiger partial charge on any atom is -0.493 e. The van der Waals surface area contributed by atoms with Crippen LogP contribution in [0.15, 0.2) is 48.8 Å². The van der Waals surface area contributed by atoms with Gasteiger partial charge in [0.25, 0.3) is 0 Å². The number of rotatable bonds is 7. The quantitative estimate of drug-likeness (QED) is 0.267. The van der Waals surface area contributed by atoms with Gasteiger partial charge in [0.05, 0.1) is 40.3 Å². The van der Waals surface area contributed by atoms with Crippen molar-refractivity contribution in [3.63, 3.8) is 0 Å². The van der Waals surface area contributed by atoms with Crippen molar-refractivity contribution >= 4 is 34.7 Å². The van der Waals surface area contributed by atoms with Gasteiger partial charge in [0.2, 0.25) is 5.91 Å². The number of Topliss-reactive ketones (excluding diaryl/α,β-unsaturated/α-hetero) is 1. The number of likely N-dealkylation sites (N-methyl/N-ethyl adjacent to an activating group) is 1. The van der Waals surface area contributed by atoms with Crippen molar-refractivity contribution < 1.29 is 14.3 Å². The van der Waals surface area contributed by atoms with E-state index >= 15 is 0 Å². The number of fused-ring (bicyclic) bond motifs is 1. The number of aromatic amines is 1. The molecule has 2 N–H and O–H groups in total. The van der Waals surface area contributed by atoms with E-state index in [1.807, 2.05) is 55.1 Å². The number of halogens is 1. The van der Waals surface area contributed by atoms with Crippen LogP contribution in [0.1, 0.15) is 54.2 Å². The van der Waals surface area contributed by atoms with Gasteiger partial charge in [-0.3, -0.25) is 14.6 Å². The lowest BCUT2D eigenvalue weighted by molar-refractivity contribution is -0.128. The number of pyridine rings is 1. The van der Waals surface area contributed by atoms with Gasteiger partial charge in [0.15, 0.2) is 11.5 Å². The number of nitrogens with zero attached hydrogens (tertiary/aromatic N) is 3. The van der Waals surface area contributed by atoms with Gasteiger partial charge in [-0.25, -0.2) is 0 Å². The van der Waals surface area contributed by atoms with Gasteiger partial charge in [-0.2, -0.15) is 0 Å². The van der Waals surface area contributed by atoms with Crippen molar-refractivity contribution in [2.45, 2.75) is 44.6 Å². The molecule has 8 nitrogen and oxygen atoms in total. The van der Waals surface area contributed by atoms with E-state index in [-0.39, 0.29) is 11.7 Å². The monoisotopic (exact) mass is 585 g/mol. The molecule has 0 radical (unpaired) electrons. The van der Waals surface area contributed by atoms with Crippen LogP contribution in [0.25, 0.3) is 11.3 Å². The summed E-state index contributed by atoms with van der Waals surface area (Å²) in [7, 11) is 5.50. The van der Waals surface area contributed by atoms with Gasteiger partial charge >= 0.3 is 0 Å². The molecule has 42 heavy (non-hydrogen) atoms. The summed E-state index contributed by atoms with van der Waals surface area (Å²) in [5.74, 6) is 7.31. The van der Waals surface area contributed by atoms with Crippen molar-refractivity contribution in [1.29, 1.82) is 0 Å². The average molecular weight is 586 g/mol. The number of nitrogens with one attached hydrogen (secondary N) is 2. The Morgan fingerprint density at radius 2 is 2.12 bits per heavy atom. The van der Waals surface area contributed by atoms with Crippen molar-refractivity contribution in [3.8, 4) is 28.8 Å². The number of ether oxygens (including phenoxy) is 1. The zero-order valence-corrected chi connectivity index (χ0v) is 25.3. The maximum absolute atomic E-state index is 13.2. The first-order valence-electron chi connectivity index (χ1n) is 14.2. The minimum atomic E-state index is -0.604. The summed E-state index contributed by atoms with van der Waals surface area (Å²) < 4.78 is 5.58. The second-order valence-electron chi connectivity index (χ2n) is 11.2. The number of anilines is 2. The van der Waals surface area contributed by atoms with E-state index in [9.17, 15) is 9.59 Å². The fourth-order valence-corrected chi connectivity index (χ4v) is 5.94. The molecule has 0 bridgehead atoms. The van der Waals surface area contributed by atoms with Crippen LogP contribution in [0.5, 0.6) is 5.75 Å². The van der Waals surface area contributed by atoms with E-state index in [0.717, 1.165) is 42.6 Å². The topological polar surface area (TPSA) is 90.6 Å². The number of methoxy groups -OCH3 is 1. The molecule has 2 aromatic heterocycles. The summed E-state index contributed by atoms with van der Waals surface area (Å²) in [6.07, 6.45) is 10.7. The van der Waals surface area contributed by atoms with Crippen LogP contribution in [0, 0.1) is 11.8 Å². The number of ketones is 1. The molecule has 2 aliphatic rings. The van der Waals surface area contributed by atoms with Crippen molar-refractivity contribution in [2.75, 3.05) is 39.6 Å². The lowest BCUT2D eigenvalue weighted by Gasteiger charge is -2.29. The first kappa shape index (κ1) is 29.4. The molecule has 1 amide bonds. The first-order chi connectivity index (χ1) is 20.2. The molecular weight excluding hydrogens is 550 g/mol. The van der Waals surface area contributed by atoms with Gasteiger partial charge in [0.1, 0.15) is 5.54 Å². The maximum atomic E-state index is 13.2. The highest BCUT2D eigenvalue weighted by Crippen LogP contribution is 2.42. The Morgan fingerprint density at radius 1 is 1.29 bits per heavy atom. The molecule has 1 aromatic carbocycles. The summed E-state index contributed by atoms with van der Waals surface area (Å²) in [4.78, 5) is 38.0. The Kier molecular flexibility index (Phi) is 8.72. The maximum Gasteiger partial charge on any atom is 0.247 e. The normalized spacial score (nSPS) is 18.2. The Hall–Kier alpha value is -4.06. The van der Waals surface area contributed by atoms with E-state index in [1.165, 1.54) is 0 Å².